The average Bonchev–Trinajstić information content (AvgIpc) is 2.41. The molecule has 4 heteroatoms. The van der Waals surface area contributed by atoms with E-state index in [1.807, 2.05) is 18.2 Å². The predicted octanol–water partition coefficient (Wildman–Crippen LogP) is 2.09. The van der Waals surface area contributed by atoms with Crippen LogP contribution in [0.25, 0.3) is 0 Å². The third-order valence-corrected chi connectivity index (χ3v) is 2.54. The minimum atomic E-state index is 0.201. The van der Waals surface area contributed by atoms with E-state index in [0.29, 0.717) is 19.8 Å². The van der Waals surface area contributed by atoms with Gasteiger partial charge in [0.1, 0.15) is 11.5 Å². The molecule has 102 valence electrons. The van der Waals surface area contributed by atoms with Crippen LogP contribution in [0.5, 0.6) is 11.5 Å². The zero-order valence-corrected chi connectivity index (χ0v) is 11.0. The number of nitrogens with two attached hydrogens (primary N) is 1. The van der Waals surface area contributed by atoms with Crippen molar-refractivity contribution >= 4 is 0 Å². The summed E-state index contributed by atoms with van der Waals surface area (Å²) in [7, 11) is 0. The molecule has 1 aromatic rings. The average molecular weight is 253 g/mol. The molecule has 0 bridgehead atoms. The Hall–Kier alpha value is -1.26. The zero-order valence-electron chi connectivity index (χ0n) is 11.0. The number of ether oxygens (including phenoxy) is 2. The quantitative estimate of drug-likeness (QED) is 0.661. The molecular formula is C14H23NO3. The third kappa shape index (κ3) is 4.94. The molecule has 1 aromatic carbocycles. The Balaban J connectivity index is 2.60. The van der Waals surface area contributed by atoms with Crippen LogP contribution in [0.3, 0.4) is 0 Å². The molecule has 0 fully saturated rings. The van der Waals surface area contributed by atoms with Gasteiger partial charge in [-0.2, -0.15) is 0 Å². The van der Waals surface area contributed by atoms with Gasteiger partial charge in [-0.1, -0.05) is 13.0 Å². The Morgan fingerprint density at radius 3 is 2.67 bits per heavy atom. The maximum atomic E-state index is 8.71. The van der Waals surface area contributed by atoms with Crippen molar-refractivity contribution in [1.82, 2.24) is 0 Å². The summed E-state index contributed by atoms with van der Waals surface area (Å²) in [5, 5.41) is 8.71. The lowest BCUT2D eigenvalue weighted by Gasteiger charge is -2.12. The van der Waals surface area contributed by atoms with Crippen molar-refractivity contribution in [3.05, 3.63) is 23.8 Å². The van der Waals surface area contributed by atoms with Crippen molar-refractivity contribution in [2.24, 2.45) is 5.73 Å². The zero-order chi connectivity index (χ0) is 13.2. The van der Waals surface area contributed by atoms with Gasteiger partial charge in [-0.15, -0.1) is 0 Å². The minimum Gasteiger partial charge on any atom is -0.493 e. The molecule has 0 atom stereocenters. The van der Waals surface area contributed by atoms with Gasteiger partial charge in [0.25, 0.3) is 0 Å². The van der Waals surface area contributed by atoms with Gasteiger partial charge in [0.15, 0.2) is 0 Å². The van der Waals surface area contributed by atoms with Crippen molar-refractivity contribution in [3.63, 3.8) is 0 Å². The van der Waals surface area contributed by atoms with Crippen molar-refractivity contribution in [3.8, 4) is 11.5 Å². The maximum Gasteiger partial charge on any atom is 0.127 e. The molecule has 0 amide bonds. The van der Waals surface area contributed by atoms with Crippen LogP contribution in [-0.2, 0) is 6.54 Å². The van der Waals surface area contributed by atoms with Crippen molar-refractivity contribution in [2.75, 3.05) is 19.8 Å². The third-order valence-electron chi connectivity index (χ3n) is 2.54. The van der Waals surface area contributed by atoms with Crippen LogP contribution < -0.4 is 15.2 Å². The Kier molecular flexibility index (Phi) is 7.22. The molecular weight excluding hydrogens is 230 g/mol. The maximum absolute atomic E-state index is 8.71. The second kappa shape index (κ2) is 8.78. The Morgan fingerprint density at radius 2 is 2.00 bits per heavy atom. The lowest BCUT2D eigenvalue weighted by atomic mass is 10.2. The van der Waals surface area contributed by atoms with Crippen LogP contribution >= 0.6 is 0 Å². The number of hydrogen-bond acceptors (Lipinski definition) is 4. The highest BCUT2D eigenvalue weighted by Gasteiger charge is 2.05. The van der Waals surface area contributed by atoms with E-state index in [1.54, 1.807) is 0 Å². The van der Waals surface area contributed by atoms with E-state index in [4.69, 9.17) is 20.3 Å². The summed E-state index contributed by atoms with van der Waals surface area (Å²) in [6.45, 7) is 4.01. The summed E-state index contributed by atoms with van der Waals surface area (Å²) in [4.78, 5) is 0. The minimum absolute atomic E-state index is 0.201. The topological polar surface area (TPSA) is 64.7 Å². The van der Waals surface area contributed by atoms with E-state index in [-0.39, 0.29) is 6.61 Å². The summed E-state index contributed by atoms with van der Waals surface area (Å²) in [6, 6.07) is 5.74. The highest BCUT2D eigenvalue weighted by atomic mass is 16.5. The molecule has 3 N–H and O–H groups in total. The normalized spacial score (nSPS) is 10.4. The van der Waals surface area contributed by atoms with E-state index in [0.717, 1.165) is 36.3 Å². The molecule has 0 saturated carbocycles. The standard InChI is InChI=1S/C14H23NO3/c1-2-8-17-13-6-5-12(11-15)14(10-13)18-9-4-3-7-16/h5-6,10,16H,2-4,7-9,11,15H2,1H3. The number of aliphatic hydroxyl groups is 1. The van der Waals surface area contributed by atoms with Gasteiger partial charge in [-0.25, -0.2) is 0 Å². The molecule has 0 saturated heterocycles. The van der Waals surface area contributed by atoms with E-state index in [1.165, 1.54) is 0 Å². The first-order chi connectivity index (χ1) is 8.81. The monoisotopic (exact) mass is 253 g/mol. The van der Waals surface area contributed by atoms with E-state index >= 15 is 0 Å². The smallest absolute Gasteiger partial charge is 0.127 e. The molecule has 0 radical (unpaired) electrons. The van der Waals surface area contributed by atoms with Gasteiger partial charge in [0.2, 0.25) is 0 Å². The number of aliphatic hydroxyl groups excluding tert-OH is 1. The van der Waals surface area contributed by atoms with Gasteiger partial charge in [0.05, 0.1) is 13.2 Å². The predicted molar refractivity (Wildman–Crippen MR) is 71.9 cm³/mol. The van der Waals surface area contributed by atoms with Gasteiger partial charge in [0, 0.05) is 24.8 Å². The van der Waals surface area contributed by atoms with Gasteiger partial charge < -0.3 is 20.3 Å². The highest BCUT2D eigenvalue weighted by Crippen LogP contribution is 2.25. The molecule has 0 unspecified atom stereocenters. The molecule has 0 aromatic heterocycles. The van der Waals surface area contributed by atoms with Crippen molar-refractivity contribution in [2.45, 2.75) is 32.7 Å². The lowest BCUT2D eigenvalue weighted by molar-refractivity contribution is 0.251. The number of benzene rings is 1. The van der Waals surface area contributed by atoms with Gasteiger partial charge in [-0.3, -0.25) is 0 Å². The van der Waals surface area contributed by atoms with Crippen LogP contribution in [0.1, 0.15) is 31.7 Å². The molecule has 4 nitrogen and oxygen atoms in total. The number of rotatable bonds is 9. The summed E-state index contributed by atoms with van der Waals surface area (Å²) < 4.78 is 11.2. The Labute approximate surface area is 109 Å². The van der Waals surface area contributed by atoms with Crippen LogP contribution in [-0.4, -0.2) is 24.9 Å². The number of hydrogen-bond donors (Lipinski definition) is 2. The highest BCUT2D eigenvalue weighted by molar-refractivity contribution is 5.40. The lowest BCUT2D eigenvalue weighted by Crippen LogP contribution is -2.05. The molecule has 1 rings (SSSR count). The fourth-order valence-electron chi connectivity index (χ4n) is 1.54. The van der Waals surface area contributed by atoms with Crippen LogP contribution in [0.2, 0.25) is 0 Å². The summed E-state index contributed by atoms with van der Waals surface area (Å²) in [6.07, 6.45) is 2.57. The Bertz CT molecular complexity index is 342. The van der Waals surface area contributed by atoms with Gasteiger partial charge >= 0.3 is 0 Å². The first-order valence-electron chi connectivity index (χ1n) is 6.51. The van der Waals surface area contributed by atoms with Crippen LogP contribution in [0.15, 0.2) is 18.2 Å². The first kappa shape index (κ1) is 14.8. The Morgan fingerprint density at radius 1 is 1.17 bits per heavy atom. The molecule has 0 aliphatic heterocycles. The fourth-order valence-corrected chi connectivity index (χ4v) is 1.54. The van der Waals surface area contributed by atoms with E-state index < -0.39 is 0 Å². The van der Waals surface area contributed by atoms with E-state index in [9.17, 15) is 0 Å². The summed E-state index contributed by atoms with van der Waals surface area (Å²) in [5.41, 5.74) is 6.65. The molecule has 18 heavy (non-hydrogen) atoms. The van der Waals surface area contributed by atoms with E-state index in [2.05, 4.69) is 6.92 Å². The molecule has 0 aliphatic rings. The van der Waals surface area contributed by atoms with Crippen molar-refractivity contribution in [1.29, 1.82) is 0 Å². The van der Waals surface area contributed by atoms with Gasteiger partial charge in [-0.05, 0) is 25.3 Å². The van der Waals surface area contributed by atoms with Crippen molar-refractivity contribution < 1.29 is 14.6 Å². The number of unbranched alkanes of at least 4 members (excludes halogenated alkanes) is 1. The second-order valence-corrected chi connectivity index (χ2v) is 4.10. The molecule has 0 aliphatic carbocycles. The summed E-state index contributed by atoms with van der Waals surface area (Å²) in [5.74, 6) is 1.59. The molecule has 0 spiro atoms. The first-order valence-corrected chi connectivity index (χ1v) is 6.51. The largest absolute Gasteiger partial charge is 0.493 e. The summed E-state index contributed by atoms with van der Waals surface area (Å²) >= 11 is 0. The second-order valence-electron chi connectivity index (χ2n) is 4.10. The molecule has 0 heterocycles. The van der Waals surface area contributed by atoms with Crippen LogP contribution in [0.4, 0.5) is 0 Å². The van der Waals surface area contributed by atoms with Crippen LogP contribution in [0, 0.1) is 0 Å². The SMILES string of the molecule is CCCOc1ccc(CN)c(OCCCCO)c1. The fraction of sp³-hybridized carbons (Fsp3) is 0.571.